The van der Waals surface area contributed by atoms with E-state index in [0.29, 0.717) is 10.1 Å². The largest absolute Gasteiger partial charge is 0.366 e. The highest BCUT2D eigenvalue weighted by atomic mass is 16.1. The van der Waals surface area contributed by atoms with Gasteiger partial charge < -0.3 is 10.2 Å². The lowest BCUT2D eigenvalue weighted by atomic mass is 10.1. The summed E-state index contributed by atoms with van der Waals surface area (Å²) in [7, 11) is 6.16. The third-order valence-corrected chi connectivity index (χ3v) is 2.10. The maximum absolute atomic E-state index is 11.0. The van der Waals surface area contributed by atoms with Gasteiger partial charge in [0.05, 0.1) is 26.7 Å². The molecule has 3 nitrogen and oxygen atoms in total. The summed E-state index contributed by atoms with van der Waals surface area (Å²) in [6.07, 6.45) is 1.97. The minimum Gasteiger partial charge on any atom is -0.366 e. The molecule has 0 aliphatic rings. The number of carbonyl (C=O) groups is 1. The lowest BCUT2D eigenvalue weighted by Crippen LogP contribution is -2.36. The molecule has 0 radical (unpaired) electrons. The van der Waals surface area contributed by atoms with E-state index >= 15 is 0 Å². The predicted molar refractivity (Wildman–Crippen MR) is 54.8 cm³/mol. The summed E-state index contributed by atoms with van der Waals surface area (Å²) in [5.41, 5.74) is 7.08. The van der Waals surface area contributed by atoms with E-state index in [1.807, 2.05) is 0 Å². The zero-order chi connectivity index (χ0) is 10.6. The zero-order valence-corrected chi connectivity index (χ0v) is 9.35. The number of nitrogens with zero attached hydrogens (tertiary/aromatic N) is 1. The fourth-order valence-corrected chi connectivity index (χ4v) is 1.41. The molecule has 0 saturated heterocycles. The average Bonchev–Trinajstić information content (AvgIpc) is 1.96. The molecule has 76 valence electrons. The summed E-state index contributed by atoms with van der Waals surface area (Å²) in [4.78, 5) is 11.0. The Balaban J connectivity index is 5.00. The number of quaternary nitrogens is 1. The molecule has 0 atom stereocenters. The third-order valence-electron chi connectivity index (χ3n) is 2.10. The Morgan fingerprint density at radius 2 is 1.77 bits per heavy atom. The highest BCUT2D eigenvalue weighted by Gasteiger charge is 2.20. The number of hydrogen-bond acceptors (Lipinski definition) is 1. The molecule has 13 heavy (non-hydrogen) atoms. The van der Waals surface area contributed by atoms with E-state index in [9.17, 15) is 4.79 Å². The Hall–Kier alpha value is -0.830. The first-order valence-electron chi connectivity index (χ1n) is 4.62. The monoisotopic (exact) mass is 185 g/mol. The first-order valence-corrected chi connectivity index (χ1v) is 4.62. The smallest absolute Gasteiger partial charge is 0.249 e. The zero-order valence-electron chi connectivity index (χ0n) is 9.35. The Kier molecular flexibility index (Phi) is 4.14. The van der Waals surface area contributed by atoms with Gasteiger partial charge in [0.1, 0.15) is 5.70 Å². The van der Waals surface area contributed by atoms with Gasteiger partial charge in [-0.2, -0.15) is 0 Å². The molecule has 0 unspecified atom stereocenters. The number of primary amides is 1. The Morgan fingerprint density at radius 1 is 1.31 bits per heavy atom. The second-order valence-corrected chi connectivity index (χ2v) is 4.20. The van der Waals surface area contributed by atoms with Gasteiger partial charge in [-0.15, -0.1) is 0 Å². The molecule has 0 heterocycles. The van der Waals surface area contributed by atoms with Crippen molar-refractivity contribution in [2.75, 3.05) is 21.1 Å². The molecule has 3 heteroatoms. The fraction of sp³-hybridized carbons (Fsp3) is 0.700. The van der Waals surface area contributed by atoms with Gasteiger partial charge in [0.25, 0.3) is 0 Å². The Bertz CT molecular complexity index is 224. The average molecular weight is 185 g/mol. The van der Waals surface area contributed by atoms with Crippen molar-refractivity contribution >= 4 is 5.91 Å². The van der Waals surface area contributed by atoms with Gasteiger partial charge in [-0.25, -0.2) is 0 Å². The lowest BCUT2D eigenvalue weighted by molar-refractivity contribution is -0.833. The molecule has 0 bridgehead atoms. The van der Waals surface area contributed by atoms with Crippen LogP contribution >= 0.6 is 0 Å². The van der Waals surface area contributed by atoms with Crippen LogP contribution < -0.4 is 5.73 Å². The molecule has 0 aliphatic heterocycles. The highest BCUT2D eigenvalue weighted by molar-refractivity contribution is 5.91. The number of rotatable bonds is 4. The summed E-state index contributed by atoms with van der Waals surface area (Å²) in [6.45, 7) is 3.90. The van der Waals surface area contributed by atoms with Crippen molar-refractivity contribution in [3.05, 3.63) is 11.3 Å². The highest BCUT2D eigenvalue weighted by Crippen LogP contribution is 2.18. The third kappa shape index (κ3) is 3.59. The van der Waals surface area contributed by atoms with E-state index in [1.54, 1.807) is 6.92 Å². The molecule has 0 saturated carbocycles. The normalized spacial score (nSPS) is 13.9. The van der Waals surface area contributed by atoms with E-state index < -0.39 is 0 Å². The molecular weight excluding hydrogens is 164 g/mol. The first kappa shape index (κ1) is 12.2. The number of amides is 1. The number of hydrogen-bond donors (Lipinski definition) is 1. The number of allylic oxidation sites excluding steroid dienone is 1. The van der Waals surface area contributed by atoms with Gasteiger partial charge in [-0.1, -0.05) is 6.92 Å². The minimum absolute atomic E-state index is 0.309. The van der Waals surface area contributed by atoms with Crippen LogP contribution in [-0.2, 0) is 4.79 Å². The van der Waals surface area contributed by atoms with Crippen LogP contribution in [0, 0.1) is 0 Å². The SMILES string of the molecule is CCC/C(=C(/C)C(N)=O)[N+](C)(C)C. The van der Waals surface area contributed by atoms with Gasteiger partial charge in [-0.3, -0.25) is 4.79 Å². The van der Waals surface area contributed by atoms with E-state index in [4.69, 9.17) is 5.73 Å². The van der Waals surface area contributed by atoms with Crippen molar-refractivity contribution in [1.29, 1.82) is 0 Å². The lowest BCUT2D eigenvalue weighted by Gasteiger charge is -2.27. The van der Waals surface area contributed by atoms with Gasteiger partial charge in [0.15, 0.2) is 0 Å². The van der Waals surface area contributed by atoms with E-state index in [2.05, 4.69) is 28.1 Å². The summed E-state index contributed by atoms with van der Waals surface area (Å²) >= 11 is 0. The van der Waals surface area contributed by atoms with Crippen molar-refractivity contribution in [3.8, 4) is 0 Å². The van der Waals surface area contributed by atoms with Crippen LogP contribution in [0.4, 0.5) is 0 Å². The van der Waals surface area contributed by atoms with E-state index in [0.717, 1.165) is 18.5 Å². The molecule has 1 amide bonds. The Morgan fingerprint density at radius 3 is 2.00 bits per heavy atom. The molecule has 0 spiro atoms. The van der Waals surface area contributed by atoms with Crippen LogP contribution in [0.25, 0.3) is 0 Å². The first-order chi connectivity index (χ1) is 5.80. The van der Waals surface area contributed by atoms with Gasteiger partial charge >= 0.3 is 0 Å². The fourth-order valence-electron chi connectivity index (χ4n) is 1.41. The van der Waals surface area contributed by atoms with Crippen molar-refractivity contribution in [2.45, 2.75) is 26.7 Å². The van der Waals surface area contributed by atoms with Gasteiger partial charge in [-0.05, 0) is 13.3 Å². The summed E-state index contributed by atoms with van der Waals surface area (Å²) < 4.78 is 0.683. The maximum atomic E-state index is 11.0. The van der Waals surface area contributed by atoms with E-state index in [1.165, 1.54) is 0 Å². The van der Waals surface area contributed by atoms with Crippen LogP contribution in [0.15, 0.2) is 11.3 Å². The summed E-state index contributed by atoms with van der Waals surface area (Å²) in [6, 6.07) is 0. The van der Waals surface area contributed by atoms with Crippen LogP contribution in [-0.4, -0.2) is 31.5 Å². The summed E-state index contributed by atoms with van der Waals surface area (Å²) in [5, 5.41) is 0. The van der Waals surface area contributed by atoms with Gasteiger partial charge in [0.2, 0.25) is 5.91 Å². The van der Waals surface area contributed by atoms with Crippen LogP contribution in [0.2, 0.25) is 0 Å². The number of carbonyl (C=O) groups excluding carboxylic acids is 1. The molecule has 0 aliphatic carbocycles. The Labute approximate surface area is 80.8 Å². The maximum Gasteiger partial charge on any atom is 0.249 e. The molecular formula is C10H21N2O+. The van der Waals surface area contributed by atoms with Crippen LogP contribution in [0.5, 0.6) is 0 Å². The second kappa shape index (κ2) is 4.42. The minimum atomic E-state index is -0.309. The standard InChI is InChI=1S/C10H20N2O/c1-6-7-9(12(3,4)5)8(2)10(11)13/h6-7H2,1-5H3,(H-,11,13)/p+1/b9-8+. The molecule has 2 N–H and O–H groups in total. The molecule has 0 aromatic rings. The van der Waals surface area contributed by atoms with Crippen LogP contribution in [0.3, 0.4) is 0 Å². The molecule has 0 fully saturated rings. The predicted octanol–water partition coefficient (Wildman–Crippen LogP) is 1.25. The van der Waals surface area contributed by atoms with Crippen molar-refractivity contribution in [1.82, 2.24) is 0 Å². The van der Waals surface area contributed by atoms with Crippen molar-refractivity contribution in [3.63, 3.8) is 0 Å². The van der Waals surface area contributed by atoms with Crippen molar-refractivity contribution < 1.29 is 9.28 Å². The van der Waals surface area contributed by atoms with Crippen molar-refractivity contribution in [2.24, 2.45) is 5.73 Å². The molecule has 0 aromatic carbocycles. The van der Waals surface area contributed by atoms with Crippen LogP contribution in [0.1, 0.15) is 26.7 Å². The number of nitrogens with two attached hydrogens (primary N) is 1. The molecule has 0 aromatic heterocycles. The quantitative estimate of drug-likeness (QED) is 0.520. The molecule has 0 rings (SSSR count). The second-order valence-electron chi connectivity index (χ2n) is 4.20. The van der Waals surface area contributed by atoms with Gasteiger partial charge in [0, 0.05) is 6.42 Å². The van der Waals surface area contributed by atoms with E-state index in [-0.39, 0.29) is 5.91 Å². The topological polar surface area (TPSA) is 43.1 Å². The summed E-state index contributed by atoms with van der Waals surface area (Å²) in [5.74, 6) is -0.309.